The molecule has 0 heterocycles. The zero-order valence-corrected chi connectivity index (χ0v) is 21.5. The lowest BCUT2D eigenvalue weighted by Gasteiger charge is -2.33. The van der Waals surface area contributed by atoms with Gasteiger partial charge in [-0.05, 0) is 40.0 Å². The van der Waals surface area contributed by atoms with Crippen LogP contribution in [0, 0.1) is 10.8 Å². The van der Waals surface area contributed by atoms with Crippen LogP contribution in [0.2, 0.25) is 0 Å². The third kappa shape index (κ3) is 12.6. The van der Waals surface area contributed by atoms with Crippen LogP contribution in [0.5, 0.6) is 0 Å². The molecule has 1 N–H and O–H groups in total. The number of carbonyl (C=O) groups is 2. The first-order valence-electron chi connectivity index (χ1n) is 10.9. The highest BCUT2D eigenvalue weighted by molar-refractivity contribution is 7.47. The van der Waals surface area contributed by atoms with Gasteiger partial charge in [0.25, 0.3) is 0 Å². The fraction of sp³-hybridized carbons (Fsp3) is 0.905. The zero-order chi connectivity index (χ0) is 24.3. The van der Waals surface area contributed by atoms with E-state index in [1.807, 2.05) is 35.0 Å². The van der Waals surface area contributed by atoms with Crippen molar-refractivity contribution in [1.82, 2.24) is 0 Å². The van der Waals surface area contributed by atoms with Gasteiger partial charge in [0.05, 0.1) is 45.2 Å². The van der Waals surface area contributed by atoms with E-state index in [1.54, 1.807) is 20.8 Å². The maximum Gasteiger partial charge on any atom is 0.472 e. The Morgan fingerprint density at radius 1 is 0.903 bits per heavy atom. The molecule has 2 atom stereocenters. The quantitative estimate of drug-likeness (QED) is 0.159. The molecular weight excluding hydrogens is 425 g/mol. The van der Waals surface area contributed by atoms with Crippen molar-refractivity contribution in [3.8, 4) is 0 Å². The van der Waals surface area contributed by atoms with E-state index in [2.05, 4.69) is 0 Å². The summed E-state index contributed by atoms with van der Waals surface area (Å²) in [6, 6.07) is 0. The molecule has 0 aliphatic heterocycles. The van der Waals surface area contributed by atoms with Crippen LogP contribution in [0.15, 0.2) is 0 Å². The van der Waals surface area contributed by atoms with Crippen LogP contribution in [0.3, 0.4) is 0 Å². The minimum absolute atomic E-state index is 0.0635. The second-order valence-electron chi connectivity index (χ2n) is 9.75. The first-order chi connectivity index (χ1) is 14.1. The van der Waals surface area contributed by atoms with Crippen molar-refractivity contribution in [2.45, 2.75) is 60.3 Å². The summed E-state index contributed by atoms with van der Waals surface area (Å²) in [5, 5.41) is 0. The molecular formula is C21H43NO8P+. The predicted molar refractivity (Wildman–Crippen MR) is 118 cm³/mol. The molecule has 31 heavy (non-hydrogen) atoms. The van der Waals surface area contributed by atoms with Crippen molar-refractivity contribution in [2.24, 2.45) is 10.8 Å². The first kappa shape index (κ1) is 30.0. The Hall–Kier alpha value is -0.990. The summed E-state index contributed by atoms with van der Waals surface area (Å²) >= 11 is 0. The van der Waals surface area contributed by atoms with E-state index in [9.17, 15) is 19.0 Å². The number of quaternary nitrogens is 1. The minimum Gasteiger partial charge on any atom is -0.465 e. The Balaban J connectivity index is 4.58. The average molecular weight is 469 g/mol. The van der Waals surface area contributed by atoms with Crippen molar-refractivity contribution in [2.75, 3.05) is 54.1 Å². The second-order valence-corrected chi connectivity index (χ2v) is 11.2. The number of carbonyl (C=O) groups excluding carboxylic acids is 2. The molecule has 0 spiro atoms. The normalized spacial score (nSPS) is 16.3. The molecule has 0 rings (SSSR count). The van der Waals surface area contributed by atoms with Gasteiger partial charge in [0.1, 0.15) is 19.8 Å². The van der Waals surface area contributed by atoms with E-state index in [1.165, 1.54) is 0 Å². The number of unbranched alkanes of at least 4 members (excludes halogenated alkanes) is 1. The smallest absolute Gasteiger partial charge is 0.465 e. The van der Waals surface area contributed by atoms with Crippen LogP contribution in [0.1, 0.15) is 60.3 Å². The average Bonchev–Trinajstić information content (AvgIpc) is 2.63. The number of hydrogen-bond donors (Lipinski definition) is 1. The van der Waals surface area contributed by atoms with Gasteiger partial charge in [-0.3, -0.25) is 18.6 Å². The summed E-state index contributed by atoms with van der Waals surface area (Å²) in [5.74, 6) is -0.837. The standard InChI is InChI=1S/C21H42NO8P/c1-9-11-13-27-19(24)21(5,10-2)17-20(3,4)18(23)28-15-16-30-31(25,26)29-14-12-22(6,7)8/h9-17H2,1-8H3/p+1. The molecule has 0 fully saturated rings. The molecule has 0 saturated carbocycles. The Labute approximate surface area is 187 Å². The van der Waals surface area contributed by atoms with Crippen molar-refractivity contribution in [1.29, 1.82) is 0 Å². The molecule has 10 heteroatoms. The third-order valence-electron chi connectivity index (χ3n) is 4.98. The Morgan fingerprint density at radius 3 is 1.97 bits per heavy atom. The van der Waals surface area contributed by atoms with Crippen LogP contribution in [-0.2, 0) is 32.7 Å². The number of likely N-dealkylation sites (N-methyl/N-ethyl adjacent to an activating group) is 1. The van der Waals surface area contributed by atoms with E-state index in [-0.39, 0.29) is 32.2 Å². The Kier molecular flexibility index (Phi) is 12.5. The summed E-state index contributed by atoms with van der Waals surface area (Å²) in [6.07, 6.45) is 2.51. The van der Waals surface area contributed by atoms with Gasteiger partial charge in [-0.2, -0.15) is 0 Å². The first-order valence-corrected chi connectivity index (χ1v) is 12.3. The van der Waals surface area contributed by atoms with Gasteiger partial charge >= 0.3 is 19.8 Å². The van der Waals surface area contributed by atoms with Crippen LogP contribution in [-0.4, -0.2) is 75.4 Å². The zero-order valence-electron chi connectivity index (χ0n) is 20.6. The molecule has 0 aliphatic rings. The number of phosphoric ester groups is 1. The van der Waals surface area contributed by atoms with Crippen molar-refractivity contribution in [3.63, 3.8) is 0 Å². The van der Waals surface area contributed by atoms with Gasteiger partial charge in [-0.1, -0.05) is 20.3 Å². The van der Waals surface area contributed by atoms with E-state index >= 15 is 0 Å². The van der Waals surface area contributed by atoms with Crippen LogP contribution >= 0.6 is 7.82 Å². The highest BCUT2D eigenvalue weighted by Gasteiger charge is 2.43. The largest absolute Gasteiger partial charge is 0.472 e. The van der Waals surface area contributed by atoms with Gasteiger partial charge in [0.2, 0.25) is 0 Å². The highest BCUT2D eigenvalue weighted by Crippen LogP contribution is 2.43. The summed E-state index contributed by atoms with van der Waals surface area (Å²) in [6.45, 7) is 9.58. The molecule has 0 aromatic rings. The lowest BCUT2D eigenvalue weighted by molar-refractivity contribution is -0.870. The van der Waals surface area contributed by atoms with Gasteiger partial charge in [0, 0.05) is 0 Å². The maximum absolute atomic E-state index is 12.6. The molecule has 0 aliphatic carbocycles. The molecule has 0 amide bonds. The summed E-state index contributed by atoms with van der Waals surface area (Å²) in [5.41, 5.74) is -1.76. The van der Waals surface area contributed by atoms with Crippen molar-refractivity contribution in [3.05, 3.63) is 0 Å². The number of phosphoric acid groups is 1. The molecule has 0 saturated heterocycles. The van der Waals surface area contributed by atoms with Gasteiger partial charge in [-0.25, -0.2) is 4.57 Å². The molecule has 0 radical (unpaired) electrons. The van der Waals surface area contributed by atoms with Gasteiger partial charge in [-0.15, -0.1) is 0 Å². The van der Waals surface area contributed by atoms with Crippen LogP contribution in [0.4, 0.5) is 0 Å². The topological polar surface area (TPSA) is 108 Å². The van der Waals surface area contributed by atoms with E-state index in [4.69, 9.17) is 18.5 Å². The van der Waals surface area contributed by atoms with Gasteiger partial charge < -0.3 is 18.9 Å². The molecule has 0 aromatic heterocycles. The van der Waals surface area contributed by atoms with Crippen LogP contribution < -0.4 is 0 Å². The molecule has 9 nitrogen and oxygen atoms in total. The summed E-state index contributed by atoms with van der Waals surface area (Å²) in [4.78, 5) is 34.8. The van der Waals surface area contributed by atoms with Crippen molar-refractivity contribution >= 4 is 19.8 Å². The number of ether oxygens (including phenoxy) is 2. The molecule has 0 aromatic carbocycles. The lowest BCUT2D eigenvalue weighted by Crippen LogP contribution is -2.39. The fourth-order valence-corrected chi connectivity index (χ4v) is 3.51. The summed E-state index contributed by atoms with van der Waals surface area (Å²) in [7, 11) is 1.59. The van der Waals surface area contributed by atoms with E-state index < -0.39 is 24.6 Å². The second kappa shape index (κ2) is 12.9. The minimum atomic E-state index is -4.21. The van der Waals surface area contributed by atoms with Crippen LogP contribution in [0.25, 0.3) is 0 Å². The third-order valence-corrected chi connectivity index (χ3v) is 5.99. The molecule has 184 valence electrons. The monoisotopic (exact) mass is 468 g/mol. The highest BCUT2D eigenvalue weighted by atomic mass is 31.2. The fourth-order valence-electron chi connectivity index (χ4n) is 2.82. The number of nitrogens with zero attached hydrogens (tertiary/aromatic N) is 1. The molecule has 2 unspecified atom stereocenters. The number of rotatable bonds is 16. The Morgan fingerprint density at radius 2 is 1.45 bits per heavy atom. The van der Waals surface area contributed by atoms with E-state index in [0.717, 1.165) is 12.8 Å². The Bertz CT molecular complexity index is 617. The SMILES string of the molecule is CCCCOC(=O)C(C)(CC)CC(C)(C)C(=O)OCCOP(=O)(O)OCC[N+](C)(C)C. The van der Waals surface area contributed by atoms with Crippen molar-refractivity contribution < 1.29 is 42.1 Å². The van der Waals surface area contributed by atoms with Gasteiger partial charge in [0.15, 0.2) is 0 Å². The lowest BCUT2D eigenvalue weighted by atomic mass is 9.72. The number of esters is 2. The number of hydrogen-bond acceptors (Lipinski definition) is 7. The predicted octanol–water partition coefficient (Wildman–Crippen LogP) is 3.55. The maximum atomic E-state index is 12.6. The summed E-state index contributed by atoms with van der Waals surface area (Å²) < 4.78 is 32.8. The van der Waals surface area contributed by atoms with E-state index in [0.29, 0.717) is 24.1 Å². The molecule has 0 bridgehead atoms.